The smallest absolute Gasteiger partial charge is 0.273 e. The van der Waals surface area contributed by atoms with Gasteiger partial charge in [0.25, 0.3) is 5.91 Å². The van der Waals surface area contributed by atoms with Crippen molar-refractivity contribution < 1.29 is 9.53 Å². The molecule has 0 unspecified atom stereocenters. The molecule has 4 rings (SSSR count). The van der Waals surface area contributed by atoms with Crippen molar-refractivity contribution in [3.05, 3.63) is 50.9 Å². The number of ether oxygens (including phenoxy) is 1. The number of amides is 1. The van der Waals surface area contributed by atoms with Crippen molar-refractivity contribution in [2.75, 3.05) is 19.7 Å². The van der Waals surface area contributed by atoms with Gasteiger partial charge in [-0.3, -0.25) is 4.79 Å². The van der Waals surface area contributed by atoms with Crippen LogP contribution in [0.25, 0.3) is 0 Å². The van der Waals surface area contributed by atoms with Crippen LogP contribution in [-0.4, -0.2) is 35.5 Å². The molecule has 0 N–H and O–H groups in total. The summed E-state index contributed by atoms with van der Waals surface area (Å²) in [7, 11) is 0. The third-order valence-corrected chi connectivity index (χ3v) is 5.52. The van der Waals surface area contributed by atoms with E-state index >= 15 is 0 Å². The quantitative estimate of drug-likeness (QED) is 0.845. The first kappa shape index (κ1) is 15.1. The van der Waals surface area contributed by atoms with E-state index in [2.05, 4.69) is 4.98 Å². The van der Waals surface area contributed by atoms with E-state index in [1.165, 1.54) is 12.8 Å². The molecule has 1 aromatic heterocycles. The Morgan fingerprint density at radius 3 is 2.83 bits per heavy atom. The monoisotopic (exact) mass is 348 g/mol. The molecule has 1 saturated carbocycles. The highest BCUT2D eigenvalue weighted by atomic mass is 35.5. The van der Waals surface area contributed by atoms with Crippen molar-refractivity contribution in [2.24, 2.45) is 0 Å². The molecule has 0 bridgehead atoms. The van der Waals surface area contributed by atoms with Gasteiger partial charge in [-0.05, 0) is 30.5 Å². The Morgan fingerprint density at radius 2 is 2.09 bits per heavy atom. The maximum atomic E-state index is 12.7. The number of nitrogens with zero attached hydrogens (tertiary/aromatic N) is 2. The molecule has 2 aliphatic rings. The number of thiazole rings is 1. The molecule has 2 heterocycles. The Kier molecular flexibility index (Phi) is 4.09. The van der Waals surface area contributed by atoms with Gasteiger partial charge in [-0.15, -0.1) is 11.3 Å². The summed E-state index contributed by atoms with van der Waals surface area (Å²) >= 11 is 7.54. The van der Waals surface area contributed by atoms with Gasteiger partial charge in [-0.1, -0.05) is 23.7 Å². The van der Waals surface area contributed by atoms with Crippen LogP contribution in [0.4, 0.5) is 0 Å². The molecule has 23 heavy (non-hydrogen) atoms. The standard InChI is InChI=1S/C17H17ClN2O2S/c18-13-5-3-11(4-6-13)15-9-20(7-8-22-15)17(21)14-10-23-16(19-14)12-1-2-12/h3-6,10,12,15H,1-2,7-9H2/t15-/m1/s1. The highest BCUT2D eigenvalue weighted by Crippen LogP contribution is 2.41. The summed E-state index contributed by atoms with van der Waals surface area (Å²) < 4.78 is 5.82. The molecule has 0 spiro atoms. The lowest BCUT2D eigenvalue weighted by atomic mass is 10.1. The molecule has 120 valence electrons. The normalized spacial score (nSPS) is 21.4. The third-order valence-electron chi connectivity index (χ3n) is 4.26. The summed E-state index contributed by atoms with van der Waals surface area (Å²) in [6, 6.07) is 7.61. The Morgan fingerprint density at radius 1 is 1.30 bits per heavy atom. The molecule has 2 fully saturated rings. The zero-order valence-electron chi connectivity index (χ0n) is 12.6. The first-order chi connectivity index (χ1) is 11.2. The Bertz CT molecular complexity index is 712. The highest BCUT2D eigenvalue weighted by molar-refractivity contribution is 7.10. The summed E-state index contributed by atoms with van der Waals surface area (Å²) in [4.78, 5) is 19.0. The number of benzene rings is 1. The fraction of sp³-hybridized carbons (Fsp3) is 0.412. The van der Waals surface area contributed by atoms with Crippen molar-refractivity contribution in [3.63, 3.8) is 0 Å². The van der Waals surface area contributed by atoms with Crippen LogP contribution in [0.3, 0.4) is 0 Å². The van der Waals surface area contributed by atoms with Gasteiger partial charge < -0.3 is 9.64 Å². The van der Waals surface area contributed by atoms with Crippen molar-refractivity contribution in [1.29, 1.82) is 0 Å². The van der Waals surface area contributed by atoms with E-state index in [0.717, 1.165) is 10.6 Å². The van der Waals surface area contributed by atoms with Gasteiger partial charge in [0.2, 0.25) is 0 Å². The zero-order valence-corrected chi connectivity index (χ0v) is 14.1. The number of hydrogen-bond acceptors (Lipinski definition) is 4. The van der Waals surface area contributed by atoms with Crippen molar-refractivity contribution in [3.8, 4) is 0 Å². The molecule has 1 aliphatic carbocycles. The van der Waals surface area contributed by atoms with Crippen LogP contribution in [-0.2, 0) is 4.74 Å². The van der Waals surface area contributed by atoms with E-state index in [1.807, 2.05) is 34.5 Å². The average Bonchev–Trinajstić information content (AvgIpc) is 3.32. The molecule has 2 aromatic rings. The Labute approximate surface area is 144 Å². The van der Waals surface area contributed by atoms with E-state index in [4.69, 9.17) is 16.3 Å². The summed E-state index contributed by atoms with van der Waals surface area (Å²) in [6.45, 7) is 1.70. The van der Waals surface area contributed by atoms with Crippen LogP contribution >= 0.6 is 22.9 Å². The second-order valence-electron chi connectivity index (χ2n) is 6.01. The van der Waals surface area contributed by atoms with E-state index < -0.39 is 0 Å². The van der Waals surface area contributed by atoms with Crippen molar-refractivity contribution in [1.82, 2.24) is 9.88 Å². The van der Waals surface area contributed by atoms with E-state index in [0.29, 0.717) is 36.3 Å². The SMILES string of the molecule is O=C(c1csc(C2CC2)n1)N1CCO[C@@H](c2ccc(Cl)cc2)C1. The van der Waals surface area contributed by atoms with Crippen molar-refractivity contribution in [2.45, 2.75) is 24.9 Å². The lowest BCUT2D eigenvalue weighted by Gasteiger charge is -2.32. The van der Waals surface area contributed by atoms with E-state index in [-0.39, 0.29) is 12.0 Å². The minimum atomic E-state index is -0.105. The van der Waals surface area contributed by atoms with Crippen molar-refractivity contribution >= 4 is 28.8 Å². The lowest BCUT2D eigenvalue weighted by Crippen LogP contribution is -2.42. The first-order valence-corrected chi connectivity index (χ1v) is 9.08. The molecule has 6 heteroatoms. The summed E-state index contributed by atoms with van der Waals surface area (Å²) in [5.41, 5.74) is 1.62. The molecule has 0 radical (unpaired) electrons. The van der Waals surface area contributed by atoms with Gasteiger partial charge in [-0.2, -0.15) is 0 Å². The van der Waals surface area contributed by atoms with Crippen LogP contribution in [0, 0.1) is 0 Å². The van der Waals surface area contributed by atoms with Gasteiger partial charge in [0.05, 0.1) is 18.2 Å². The number of morpholine rings is 1. The number of carbonyl (C=O) groups is 1. The van der Waals surface area contributed by atoms with Crippen LogP contribution < -0.4 is 0 Å². The summed E-state index contributed by atoms with van der Waals surface area (Å²) in [5.74, 6) is 0.600. The van der Waals surface area contributed by atoms with Crippen LogP contribution in [0.1, 0.15) is 45.9 Å². The molecule has 1 aliphatic heterocycles. The lowest BCUT2D eigenvalue weighted by molar-refractivity contribution is -0.0229. The predicted molar refractivity (Wildman–Crippen MR) is 90.1 cm³/mol. The molecule has 4 nitrogen and oxygen atoms in total. The average molecular weight is 349 g/mol. The summed E-state index contributed by atoms with van der Waals surface area (Å²) in [6.07, 6.45) is 2.31. The predicted octanol–water partition coefficient (Wildman–Crippen LogP) is 3.89. The van der Waals surface area contributed by atoms with E-state index in [9.17, 15) is 4.79 Å². The second kappa shape index (κ2) is 6.23. The minimum Gasteiger partial charge on any atom is -0.370 e. The number of carbonyl (C=O) groups excluding carboxylic acids is 1. The highest BCUT2D eigenvalue weighted by Gasteiger charge is 2.30. The van der Waals surface area contributed by atoms with Gasteiger partial charge >= 0.3 is 0 Å². The Hall–Kier alpha value is -1.43. The van der Waals surface area contributed by atoms with E-state index in [1.54, 1.807) is 11.3 Å². The maximum Gasteiger partial charge on any atom is 0.273 e. The minimum absolute atomic E-state index is 0.00964. The molecule has 1 amide bonds. The van der Waals surface area contributed by atoms with Crippen LogP contribution in [0.15, 0.2) is 29.6 Å². The fourth-order valence-corrected chi connectivity index (χ4v) is 3.87. The van der Waals surface area contributed by atoms with Gasteiger partial charge in [-0.25, -0.2) is 4.98 Å². The first-order valence-electron chi connectivity index (χ1n) is 7.82. The fourth-order valence-electron chi connectivity index (χ4n) is 2.78. The summed E-state index contributed by atoms with van der Waals surface area (Å²) in [5, 5.41) is 3.70. The van der Waals surface area contributed by atoms with Crippen LogP contribution in [0.2, 0.25) is 5.02 Å². The topological polar surface area (TPSA) is 42.4 Å². The number of rotatable bonds is 3. The molecular formula is C17H17ClN2O2S. The van der Waals surface area contributed by atoms with Gasteiger partial charge in [0.15, 0.2) is 0 Å². The number of hydrogen-bond donors (Lipinski definition) is 0. The van der Waals surface area contributed by atoms with Crippen LogP contribution in [0.5, 0.6) is 0 Å². The molecular weight excluding hydrogens is 332 g/mol. The molecule has 1 atom stereocenters. The third kappa shape index (κ3) is 3.27. The maximum absolute atomic E-state index is 12.7. The molecule has 1 saturated heterocycles. The zero-order chi connectivity index (χ0) is 15.8. The number of halogens is 1. The largest absolute Gasteiger partial charge is 0.370 e. The second-order valence-corrected chi connectivity index (χ2v) is 7.33. The van der Waals surface area contributed by atoms with Gasteiger partial charge in [0, 0.05) is 22.9 Å². The number of aromatic nitrogens is 1. The molecule has 1 aromatic carbocycles. The van der Waals surface area contributed by atoms with Gasteiger partial charge in [0.1, 0.15) is 11.8 Å². The Balaban J connectivity index is 1.47.